The Balaban J connectivity index is 1.91. The van der Waals surface area contributed by atoms with E-state index in [-0.39, 0.29) is 31.2 Å². The molecule has 114 valence electrons. The molecule has 0 bridgehead atoms. The Kier molecular flexibility index (Phi) is 5.24. The fourth-order valence-electron chi connectivity index (χ4n) is 2.13. The van der Waals surface area contributed by atoms with Gasteiger partial charge >= 0.3 is 0 Å². The Morgan fingerprint density at radius 3 is 2.90 bits per heavy atom. The fraction of sp³-hybridized carbons (Fsp3) is 0.429. The summed E-state index contributed by atoms with van der Waals surface area (Å²) in [5, 5.41) is 11.6. The number of nitrogens with zero attached hydrogens (tertiary/aromatic N) is 1. The SMILES string of the molecule is O=C(NCC(=O)N1CCOCC1CO)c1ccccc1F. The Labute approximate surface area is 121 Å². The van der Waals surface area contributed by atoms with Gasteiger partial charge in [-0.1, -0.05) is 12.1 Å². The third kappa shape index (κ3) is 3.77. The number of hydrogen-bond donors (Lipinski definition) is 2. The highest BCUT2D eigenvalue weighted by Crippen LogP contribution is 2.08. The van der Waals surface area contributed by atoms with Crippen LogP contribution in [0, 0.1) is 5.82 Å². The molecule has 1 heterocycles. The zero-order chi connectivity index (χ0) is 15.2. The summed E-state index contributed by atoms with van der Waals surface area (Å²) in [6.45, 7) is 0.573. The van der Waals surface area contributed by atoms with Gasteiger partial charge in [0.2, 0.25) is 5.91 Å². The standard InChI is InChI=1S/C14H17FN2O4/c15-12-4-2-1-3-11(12)14(20)16-7-13(19)17-5-6-21-9-10(17)8-18/h1-4,10,18H,5-9H2,(H,16,20). The molecule has 0 aliphatic carbocycles. The minimum atomic E-state index is -0.643. The van der Waals surface area contributed by atoms with E-state index in [0.717, 1.165) is 0 Å². The summed E-state index contributed by atoms with van der Waals surface area (Å²) in [7, 11) is 0. The molecule has 2 rings (SSSR count). The number of halogens is 1. The van der Waals surface area contributed by atoms with E-state index in [1.165, 1.54) is 23.1 Å². The van der Waals surface area contributed by atoms with Gasteiger partial charge in [0.25, 0.3) is 5.91 Å². The van der Waals surface area contributed by atoms with Crippen LogP contribution in [-0.2, 0) is 9.53 Å². The Hall–Kier alpha value is -1.99. The highest BCUT2D eigenvalue weighted by atomic mass is 19.1. The molecular weight excluding hydrogens is 279 g/mol. The van der Waals surface area contributed by atoms with Crippen molar-refractivity contribution in [3.05, 3.63) is 35.6 Å². The van der Waals surface area contributed by atoms with E-state index < -0.39 is 17.8 Å². The molecule has 2 amide bonds. The van der Waals surface area contributed by atoms with Crippen LogP contribution in [0.3, 0.4) is 0 Å². The van der Waals surface area contributed by atoms with Crippen LogP contribution in [-0.4, -0.2) is 60.8 Å². The van der Waals surface area contributed by atoms with Crippen LogP contribution in [0.4, 0.5) is 4.39 Å². The molecule has 0 spiro atoms. The minimum Gasteiger partial charge on any atom is -0.394 e. The molecule has 0 radical (unpaired) electrons. The van der Waals surface area contributed by atoms with Gasteiger partial charge in [0.15, 0.2) is 0 Å². The van der Waals surface area contributed by atoms with Crippen LogP contribution < -0.4 is 5.32 Å². The van der Waals surface area contributed by atoms with E-state index >= 15 is 0 Å². The molecule has 1 aromatic carbocycles. The molecule has 7 heteroatoms. The maximum absolute atomic E-state index is 13.4. The molecule has 2 N–H and O–H groups in total. The van der Waals surface area contributed by atoms with Crippen LogP contribution in [0.1, 0.15) is 10.4 Å². The van der Waals surface area contributed by atoms with Crippen molar-refractivity contribution in [3.63, 3.8) is 0 Å². The van der Waals surface area contributed by atoms with Crippen molar-refractivity contribution in [2.75, 3.05) is 32.9 Å². The van der Waals surface area contributed by atoms with Crippen LogP contribution in [0.15, 0.2) is 24.3 Å². The lowest BCUT2D eigenvalue weighted by Gasteiger charge is -2.34. The van der Waals surface area contributed by atoms with Gasteiger partial charge in [-0.25, -0.2) is 4.39 Å². The zero-order valence-corrected chi connectivity index (χ0v) is 11.4. The zero-order valence-electron chi connectivity index (χ0n) is 11.4. The molecule has 1 saturated heterocycles. The van der Waals surface area contributed by atoms with E-state index in [4.69, 9.17) is 4.74 Å². The summed E-state index contributed by atoms with van der Waals surface area (Å²) in [6.07, 6.45) is 0. The first-order valence-corrected chi connectivity index (χ1v) is 6.64. The monoisotopic (exact) mass is 296 g/mol. The van der Waals surface area contributed by atoms with Gasteiger partial charge in [-0.3, -0.25) is 9.59 Å². The lowest BCUT2D eigenvalue weighted by Crippen LogP contribution is -2.53. The molecular formula is C14H17FN2O4. The van der Waals surface area contributed by atoms with Gasteiger partial charge in [0.05, 0.1) is 38.0 Å². The van der Waals surface area contributed by atoms with Gasteiger partial charge in [-0.15, -0.1) is 0 Å². The van der Waals surface area contributed by atoms with Crippen molar-refractivity contribution >= 4 is 11.8 Å². The summed E-state index contributed by atoms with van der Waals surface area (Å²) in [6, 6.07) is 5.15. The number of morpholine rings is 1. The maximum atomic E-state index is 13.4. The second kappa shape index (κ2) is 7.14. The van der Waals surface area contributed by atoms with Gasteiger partial charge in [0, 0.05) is 6.54 Å². The molecule has 1 aliphatic rings. The van der Waals surface area contributed by atoms with Crippen LogP contribution >= 0.6 is 0 Å². The first-order chi connectivity index (χ1) is 10.1. The van der Waals surface area contributed by atoms with Gasteiger partial charge in [-0.05, 0) is 12.1 Å². The van der Waals surface area contributed by atoms with E-state index in [1.54, 1.807) is 6.07 Å². The number of aliphatic hydroxyl groups excluding tert-OH is 1. The highest BCUT2D eigenvalue weighted by Gasteiger charge is 2.26. The number of ether oxygens (including phenoxy) is 1. The van der Waals surface area contributed by atoms with Crippen molar-refractivity contribution in [1.29, 1.82) is 0 Å². The Morgan fingerprint density at radius 1 is 1.43 bits per heavy atom. The fourth-order valence-corrected chi connectivity index (χ4v) is 2.13. The average Bonchev–Trinajstić information content (AvgIpc) is 2.52. The quantitative estimate of drug-likeness (QED) is 0.805. The second-order valence-corrected chi connectivity index (χ2v) is 4.66. The maximum Gasteiger partial charge on any atom is 0.254 e. The largest absolute Gasteiger partial charge is 0.394 e. The molecule has 0 aromatic heterocycles. The van der Waals surface area contributed by atoms with Gasteiger partial charge < -0.3 is 20.1 Å². The first-order valence-electron chi connectivity index (χ1n) is 6.64. The molecule has 1 aromatic rings. The molecule has 6 nitrogen and oxygen atoms in total. The predicted octanol–water partition coefficient (Wildman–Crippen LogP) is -0.225. The van der Waals surface area contributed by atoms with E-state index in [1.807, 2.05) is 0 Å². The third-order valence-electron chi connectivity index (χ3n) is 3.28. The highest BCUT2D eigenvalue weighted by molar-refractivity contribution is 5.96. The Morgan fingerprint density at radius 2 is 2.19 bits per heavy atom. The summed E-state index contributed by atoms with van der Waals surface area (Å²) in [5.74, 6) is -1.61. The van der Waals surface area contributed by atoms with Crippen LogP contribution in [0.25, 0.3) is 0 Å². The average molecular weight is 296 g/mol. The number of nitrogens with one attached hydrogen (secondary N) is 1. The first kappa shape index (κ1) is 15.4. The summed E-state index contributed by atoms with van der Waals surface area (Å²) >= 11 is 0. The number of carbonyl (C=O) groups excluding carboxylic acids is 2. The Bertz CT molecular complexity index is 523. The molecule has 0 saturated carbocycles. The topological polar surface area (TPSA) is 78.9 Å². The minimum absolute atomic E-state index is 0.106. The normalized spacial score (nSPS) is 18.4. The number of hydrogen-bond acceptors (Lipinski definition) is 4. The molecule has 1 unspecified atom stereocenters. The molecule has 1 fully saturated rings. The smallest absolute Gasteiger partial charge is 0.254 e. The third-order valence-corrected chi connectivity index (χ3v) is 3.28. The number of aliphatic hydroxyl groups is 1. The molecule has 21 heavy (non-hydrogen) atoms. The lowest BCUT2D eigenvalue weighted by molar-refractivity contribution is -0.140. The molecule has 1 atom stereocenters. The van der Waals surface area contributed by atoms with Crippen molar-refractivity contribution in [2.24, 2.45) is 0 Å². The van der Waals surface area contributed by atoms with E-state index in [9.17, 15) is 19.1 Å². The van der Waals surface area contributed by atoms with Crippen LogP contribution in [0.2, 0.25) is 0 Å². The molecule has 1 aliphatic heterocycles. The number of rotatable bonds is 4. The summed E-state index contributed by atoms with van der Waals surface area (Å²) in [4.78, 5) is 25.3. The van der Waals surface area contributed by atoms with E-state index in [2.05, 4.69) is 5.32 Å². The van der Waals surface area contributed by atoms with Crippen molar-refractivity contribution < 1.29 is 23.8 Å². The summed E-state index contributed by atoms with van der Waals surface area (Å²) in [5.41, 5.74) is -0.106. The second-order valence-electron chi connectivity index (χ2n) is 4.66. The van der Waals surface area contributed by atoms with Crippen molar-refractivity contribution in [3.8, 4) is 0 Å². The number of amides is 2. The van der Waals surface area contributed by atoms with Gasteiger partial charge in [0.1, 0.15) is 5.82 Å². The van der Waals surface area contributed by atoms with Crippen LogP contribution in [0.5, 0.6) is 0 Å². The van der Waals surface area contributed by atoms with Crippen molar-refractivity contribution in [1.82, 2.24) is 10.2 Å². The predicted molar refractivity (Wildman–Crippen MR) is 72.1 cm³/mol. The number of carbonyl (C=O) groups is 2. The number of benzene rings is 1. The lowest BCUT2D eigenvalue weighted by atomic mass is 10.2. The van der Waals surface area contributed by atoms with Gasteiger partial charge in [-0.2, -0.15) is 0 Å². The van der Waals surface area contributed by atoms with E-state index in [0.29, 0.717) is 13.2 Å². The van der Waals surface area contributed by atoms with Crippen molar-refractivity contribution in [2.45, 2.75) is 6.04 Å². The summed E-state index contributed by atoms with van der Waals surface area (Å²) < 4.78 is 18.6.